The fourth-order valence-corrected chi connectivity index (χ4v) is 15.7. The van der Waals surface area contributed by atoms with E-state index >= 15 is 0 Å². The molecule has 0 bridgehead atoms. The highest BCUT2D eigenvalue weighted by Gasteiger charge is 2.43. The Morgan fingerprint density at radius 2 is 1.55 bits per heavy atom. The number of hydrogen-bond donors (Lipinski definition) is 8. The number of nitrogens with one attached hydrogen (secondary N) is 5. The third-order valence-electron chi connectivity index (χ3n) is 19.9. The zero-order chi connectivity index (χ0) is 81.9. The number of imide groups is 1. The summed E-state index contributed by atoms with van der Waals surface area (Å²) in [6.07, 6.45) is 10.9. The standard InChI is InChI=1S/C82H111ClN12O17S/c1-10-12-32-82(8,31-11-2)113-67-46-69(98)94(77(67)103)37-40-109-42-43-110-79(105)90-72(53(5)6)75(101)89-62(22-17-33-85-78(84)104)74(100)86-59-26-23-55(24-27-59)51-111-80(106)91(9)34-35-92(36-39-108-41-38-96)81(107)112-66-45-64-71(70-54(7)19-16-21-61(66)70)58(47-83)48-95(64)76(102)63-50-93-49-60(28-30-68(93)88-63)87-73(99)57-25-29-65(97)56(44-57)20-15-13-14-18-52(3)4/h16,19,21,23-30,44-45,49-50,52-53,58,62,67,72,96-97H,10-15,17-18,20,22,31-43,46-48,51H2,1-9H3,(H,86,100)(H,87,99)(H,89,101)(H,90,105)(H3,84,85,104)/t58-,62+,67?,72+,82?/m1/s1. The molecule has 11 amide bonds. The highest BCUT2D eigenvalue weighted by atomic mass is 35.5. The summed E-state index contributed by atoms with van der Waals surface area (Å²) in [6, 6.07) is 18.7. The molecule has 0 aliphatic carbocycles. The number of alkyl carbamates (subject to hydrolysis) is 1. The first-order valence-corrected chi connectivity index (χ1v) is 40.4. The van der Waals surface area contributed by atoms with Gasteiger partial charge in [-0.25, -0.2) is 24.2 Å². The number of fused-ring (bicyclic) bond motifs is 4. The number of hydrogen-bond acceptors (Lipinski definition) is 19. The molecule has 2 aromatic heterocycles. The van der Waals surface area contributed by atoms with Crippen LogP contribution in [0.4, 0.5) is 36.2 Å². The van der Waals surface area contributed by atoms with Gasteiger partial charge in [-0.1, -0.05) is 117 Å². The Morgan fingerprint density at radius 1 is 0.788 bits per heavy atom. The fraction of sp³-hybridized carbons (Fsp3) is 0.524. The van der Waals surface area contributed by atoms with Crippen molar-refractivity contribution < 1.29 is 81.8 Å². The number of phenols is 1. The van der Waals surface area contributed by atoms with E-state index in [-0.39, 0.29) is 156 Å². The predicted octanol–water partition coefficient (Wildman–Crippen LogP) is 11.8. The second-order valence-electron chi connectivity index (χ2n) is 29.6. The number of unbranched alkanes of at least 4 members (excludes halogenated alkanes) is 3. The number of anilines is 3. The van der Waals surface area contributed by atoms with Crippen LogP contribution >= 0.6 is 23.4 Å². The molecule has 5 atom stereocenters. The maximum atomic E-state index is 14.8. The van der Waals surface area contributed by atoms with Crippen LogP contribution in [0.1, 0.15) is 175 Å². The Hall–Kier alpha value is -9.75. The molecule has 6 aromatic rings. The van der Waals surface area contributed by atoms with Gasteiger partial charge in [-0.3, -0.25) is 33.7 Å². The van der Waals surface area contributed by atoms with E-state index in [0.717, 1.165) is 74.3 Å². The number of aromatic nitrogens is 2. The quantitative estimate of drug-likeness (QED) is 0.0100. The average molecular weight is 1600 g/mol. The van der Waals surface area contributed by atoms with Gasteiger partial charge >= 0.3 is 24.3 Å². The van der Waals surface area contributed by atoms with Gasteiger partial charge in [0.05, 0.1) is 56.2 Å². The number of rotatable bonds is 44. The largest absolute Gasteiger partial charge is 0.508 e. The monoisotopic (exact) mass is 1600 g/mol. The number of thioether (sulfide) groups is 1. The Bertz CT molecular complexity index is 4280. The van der Waals surface area contributed by atoms with Crippen LogP contribution in [0.3, 0.4) is 0 Å². The second-order valence-corrected chi connectivity index (χ2v) is 31.7. The van der Waals surface area contributed by atoms with E-state index in [4.69, 9.17) is 41.0 Å². The number of alkyl halides is 1. The van der Waals surface area contributed by atoms with E-state index in [2.05, 4.69) is 66.2 Å². The fourth-order valence-electron chi connectivity index (χ4n) is 13.7. The van der Waals surface area contributed by atoms with Gasteiger partial charge in [-0.2, -0.15) is 0 Å². The molecule has 2 aliphatic heterocycles. The van der Waals surface area contributed by atoms with Crippen LogP contribution in [0.15, 0.2) is 91.3 Å². The minimum atomic E-state index is -1.17. The second kappa shape index (κ2) is 43.5. The minimum absolute atomic E-state index is 0.000357. The molecule has 0 spiro atoms. The normalized spacial score (nSPS) is 15.1. The van der Waals surface area contributed by atoms with Crippen LogP contribution in [0.5, 0.6) is 11.5 Å². The first-order valence-electron chi connectivity index (χ1n) is 39.0. The summed E-state index contributed by atoms with van der Waals surface area (Å²) in [5.41, 5.74) is 10.3. The number of carbonyl (C=O) groups is 10. The summed E-state index contributed by atoms with van der Waals surface area (Å²) in [6.45, 7) is 15.7. The molecule has 2 unspecified atom stereocenters. The summed E-state index contributed by atoms with van der Waals surface area (Å²) in [7, 11) is 1.49. The van der Waals surface area contributed by atoms with Crippen LogP contribution in [-0.2, 0) is 51.2 Å². The molecule has 1 saturated heterocycles. The number of amides is 11. The summed E-state index contributed by atoms with van der Waals surface area (Å²) >= 11 is 8.31. The number of nitrogens with two attached hydrogens (primary N) is 1. The number of likely N-dealkylation sites (tertiary alicyclic amines) is 1. The minimum Gasteiger partial charge on any atom is -0.508 e. The van der Waals surface area contributed by atoms with E-state index in [1.54, 1.807) is 102 Å². The molecule has 31 heteroatoms. The third kappa shape index (κ3) is 25.6. The highest BCUT2D eigenvalue weighted by Crippen LogP contribution is 2.48. The van der Waals surface area contributed by atoms with Gasteiger partial charge in [0.2, 0.25) is 23.6 Å². The van der Waals surface area contributed by atoms with Crippen molar-refractivity contribution in [2.45, 2.75) is 173 Å². The molecule has 614 valence electrons. The summed E-state index contributed by atoms with van der Waals surface area (Å²) < 4.78 is 30.0. The van der Waals surface area contributed by atoms with E-state index in [9.17, 15) is 58.2 Å². The maximum absolute atomic E-state index is 14.8. The molecular weight excluding hydrogens is 1490 g/mol. The first kappa shape index (κ1) is 88.8. The van der Waals surface area contributed by atoms with Crippen molar-refractivity contribution in [3.63, 3.8) is 0 Å². The number of imidazole rings is 1. The molecule has 0 saturated carbocycles. The Kier molecular flexibility index (Phi) is 34.2. The van der Waals surface area contributed by atoms with Crippen LogP contribution in [0.25, 0.3) is 16.4 Å². The van der Waals surface area contributed by atoms with Crippen molar-refractivity contribution >= 4 is 117 Å². The Labute approximate surface area is 669 Å². The van der Waals surface area contributed by atoms with Crippen LogP contribution in [0, 0.1) is 18.8 Å². The van der Waals surface area contributed by atoms with Crippen LogP contribution in [-0.4, -0.2) is 208 Å². The number of primary amides is 1. The number of halogens is 1. The van der Waals surface area contributed by atoms with E-state index in [0.29, 0.717) is 57.1 Å². The lowest BCUT2D eigenvalue weighted by atomic mass is 9.92. The lowest BCUT2D eigenvalue weighted by Crippen LogP contribution is -2.54. The van der Waals surface area contributed by atoms with Crippen molar-refractivity contribution in [2.24, 2.45) is 17.6 Å². The van der Waals surface area contributed by atoms with Gasteiger partial charge in [0, 0.05) is 97.8 Å². The van der Waals surface area contributed by atoms with Crippen LogP contribution < -0.4 is 42.0 Å². The van der Waals surface area contributed by atoms with Gasteiger partial charge in [-0.15, -0.1) is 23.4 Å². The first-order chi connectivity index (χ1) is 54.1. The van der Waals surface area contributed by atoms with Crippen molar-refractivity contribution in [2.75, 3.05) is 107 Å². The van der Waals surface area contributed by atoms with E-state index in [1.807, 2.05) is 25.1 Å². The molecule has 1 fully saturated rings. The zero-order valence-electron chi connectivity index (χ0n) is 66.3. The van der Waals surface area contributed by atoms with Gasteiger partial charge in [0.25, 0.3) is 11.8 Å². The van der Waals surface area contributed by atoms with Crippen LogP contribution in [0.2, 0.25) is 0 Å². The predicted molar refractivity (Wildman–Crippen MR) is 434 cm³/mol. The Balaban J connectivity index is 0.843. The summed E-state index contributed by atoms with van der Waals surface area (Å²) in [4.78, 5) is 145. The topological polar surface area (TPSA) is 374 Å². The summed E-state index contributed by atoms with van der Waals surface area (Å²) in [5, 5.41) is 34.5. The average Bonchev–Trinajstić information content (AvgIpc) is 1.69. The lowest BCUT2D eigenvalue weighted by molar-refractivity contribution is -0.139. The number of urea groups is 1. The number of benzene rings is 4. The zero-order valence-corrected chi connectivity index (χ0v) is 67.9. The number of nitrogens with zero attached hydrogens (tertiary/aromatic N) is 6. The molecule has 113 heavy (non-hydrogen) atoms. The van der Waals surface area contributed by atoms with Crippen molar-refractivity contribution in [1.82, 2.24) is 40.0 Å². The maximum Gasteiger partial charge on any atom is 0.415 e. The number of aliphatic hydroxyl groups is 1. The molecule has 4 heterocycles. The Morgan fingerprint density at radius 3 is 2.27 bits per heavy atom. The highest BCUT2D eigenvalue weighted by molar-refractivity contribution is 8.02. The molecule has 4 aromatic carbocycles. The van der Waals surface area contributed by atoms with Gasteiger partial charge in [-0.05, 0) is 127 Å². The number of likely N-dealkylation sites (N-methyl/N-ethyl adjacent to an activating group) is 1. The van der Waals surface area contributed by atoms with Crippen molar-refractivity contribution in [3.05, 3.63) is 125 Å². The van der Waals surface area contributed by atoms with E-state index < -0.39 is 65.3 Å². The van der Waals surface area contributed by atoms with Crippen molar-refractivity contribution in [3.8, 4) is 11.5 Å². The molecule has 29 nitrogen and oxygen atoms in total. The molecule has 0 radical (unpaired) electrons. The number of phenolic OH excluding ortho intramolecular Hbond substituents is 1. The number of aliphatic hydroxyl groups excluding tert-OH is 1. The number of ether oxygens (including phenoxy) is 5. The number of pyridine rings is 1. The third-order valence-corrected chi connectivity index (χ3v) is 21.9. The molecular formula is C82H111ClN12O17S. The molecule has 2 aliphatic rings. The summed E-state index contributed by atoms with van der Waals surface area (Å²) in [5.74, 6) is -2.34. The smallest absolute Gasteiger partial charge is 0.415 e. The van der Waals surface area contributed by atoms with E-state index in [1.165, 1.54) is 27.8 Å². The number of carbonyl (C=O) groups excluding carboxylic acids is 10. The SMILES string of the molecule is CCCCC(C)(CCC)SC1CC(=O)N(CCOCCOC(=O)N[C@H](C(=O)N[C@@H](CCCNC(N)=O)C(=O)Nc2ccc(COC(=O)N(C)CCN(CCOCCO)C(=O)Oc3cc4c(c5c(C)cccc35)[C@H](CCl)CN4C(=O)c3cn4cc(NC(=O)c5ccc(O)c(CCCCCC(C)C)c5)ccc4n3)cc2)C(C)C)C1=O. The van der Waals surface area contributed by atoms with Gasteiger partial charge < -0.3 is 85.3 Å². The van der Waals surface area contributed by atoms with Crippen molar-refractivity contribution in [1.29, 1.82) is 0 Å². The molecule has 9 N–H and O–H groups in total. The van der Waals surface area contributed by atoms with Gasteiger partial charge in [0.15, 0.2) is 0 Å². The number of aromatic hydroxyl groups is 1. The number of aryl methyl sites for hydroxylation is 2. The lowest BCUT2D eigenvalue weighted by Gasteiger charge is -2.31. The van der Waals surface area contributed by atoms with Gasteiger partial charge in [0.1, 0.15) is 48.1 Å². The molecule has 8 rings (SSSR count).